The highest BCUT2D eigenvalue weighted by Gasteiger charge is 2.26. The van der Waals surface area contributed by atoms with Crippen molar-refractivity contribution >= 4 is 23.7 Å². The van der Waals surface area contributed by atoms with Gasteiger partial charge >= 0.3 is 6.03 Å². The molecule has 2 rings (SSSR count). The molecule has 1 saturated heterocycles. The van der Waals surface area contributed by atoms with E-state index in [9.17, 15) is 9.59 Å². The first-order valence-corrected chi connectivity index (χ1v) is 9.67. The molecule has 3 N–H and O–H groups in total. The summed E-state index contributed by atoms with van der Waals surface area (Å²) in [6, 6.07) is 8.00. The first kappa shape index (κ1) is 18.6. The predicted octanol–water partition coefficient (Wildman–Crippen LogP) is 2.53. The summed E-state index contributed by atoms with van der Waals surface area (Å²) in [7, 11) is 0. The Bertz CT molecular complexity index is 565. The number of primary amides is 1. The largest absolute Gasteiger partial charge is 0.356 e. The number of piperidine rings is 1. The number of aryl methyl sites for hydroxylation is 1. The molecule has 0 spiro atoms. The van der Waals surface area contributed by atoms with Gasteiger partial charge in [0.05, 0.1) is 5.92 Å². The summed E-state index contributed by atoms with van der Waals surface area (Å²) in [6.45, 7) is 3.93. The molecule has 1 aliphatic heterocycles. The maximum Gasteiger partial charge on any atom is 0.314 e. The van der Waals surface area contributed by atoms with Crippen molar-refractivity contribution in [3.63, 3.8) is 0 Å². The van der Waals surface area contributed by atoms with Crippen LogP contribution in [0.15, 0.2) is 24.3 Å². The van der Waals surface area contributed by atoms with Crippen LogP contribution in [0.2, 0.25) is 0 Å². The second-order valence-electron chi connectivity index (χ2n) is 6.25. The first-order chi connectivity index (χ1) is 11.6. The molecule has 1 atom stereocenters. The minimum Gasteiger partial charge on any atom is -0.356 e. The summed E-state index contributed by atoms with van der Waals surface area (Å²) < 4.78 is 0. The maximum absolute atomic E-state index is 12.2. The van der Waals surface area contributed by atoms with Crippen LogP contribution in [0.1, 0.15) is 30.4 Å². The Morgan fingerprint density at radius 2 is 2.17 bits per heavy atom. The monoisotopic (exact) mass is 349 g/mol. The lowest BCUT2D eigenvalue weighted by Gasteiger charge is -2.30. The Balaban J connectivity index is 1.59. The number of thioether (sulfide) groups is 1. The molecule has 1 aromatic rings. The third kappa shape index (κ3) is 5.74. The molecule has 0 saturated carbocycles. The van der Waals surface area contributed by atoms with Crippen molar-refractivity contribution in [2.45, 2.75) is 31.9 Å². The smallest absolute Gasteiger partial charge is 0.314 e. The normalized spacial score (nSPS) is 17.5. The minimum atomic E-state index is -0.430. The molecule has 1 aliphatic rings. The standard InChI is InChI=1S/C18H27N3O2S/c1-14-6-2-3-7-16(14)13-24-11-5-9-20-17(22)15-8-4-10-21(12-15)18(19)23/h2-3,6-7,15H,4-5,8-13H2,1H3,(H2,19,23)(H,20,22). The van der Waals surface area contributed by atoms with E-state index in [1.165, 1.54) is 11.1 Å². The third-order valence-electron chi connectivity index (χ3n) is 4.39. The fraction of sp³-hybridized carbons (Fsp3) is 0.556. The van der Waals surface area contributed by atoms with Gasteiger partial charge in [0.15, 0.2) is 0 Å². The summed E-state index contributed by atoms with van der Waals surface area (Å²) in [5.41, 5.74) is 8.00. The van der Waals surface area contributed by atoms with E-state index in [4.69, 9.17) is 5.73 Å². The number of nitrogens with zero attached hydrogens (tertiary/aromatic N) is 1. The molecule has 6 heteroatoms. The van der Waals surface area contributed by atoms with E-state index in [0.29, 0.717) is 19.6 Å². The van der Waals surface area contributed by atoms with Crippen LogP contribution in [0.5, 0.6) is 0 Å². The van der Waals surface area contributed by atoms with Crippen molar-refractivity contribution in [1.82, 2.24) is 10.2 Å². The van der Waals surface area contributed by atoms with E-state index in [1.54, 1.807) is 4.90 Å². The molecule has 5 nitrogen and oxygen atoms in total. The van der Waals surface area contributed by atoms with Crippen molar-refractivity contribution in [3.8, 4) is 0 Å². The Morgan fingerprint density at radius 1 is 1.38 bits per heavy atom. The van der Waals surface area contributed by atoms with E-state index >= 15 is 0 Å². The molecule has 1 heterocycles. The summed E-state index contributed by atoms with van der Waals surface area (Å²) in [5.74, 6) is 1.96. The van der Waals surface area contributed by atoms with Gasteiger partial charge in [-0.2, -0.15) is 11.8 Å². The molecule has 1 aromatic carbocycles. The van der Waals surface area contributed by atoms with Crippen LogP contribution in [-0.4, -0.2) is 42.2 Å². The zero-order valence-electron chi connectivity index (χ0n) is 14.3. The van der Waals surface area contributed by atoms with E-state index in [-0.39, 0.29) is 11.8 Å². The molecule has 1 unspecified atom stereocenters. The van der Waals surface area contributed by atoms with Crippen molar-refractivity contribution in [3.05, 3.63) is 35.4 Å². The average molecular weight is 350 g/mol. The van der Waals surface area contributed by atoms with Crippen LogP contribution in [0.3, 0.4) is 0 Å². The van der Waals surface area contributed by atoms with Gasteiger partial charge in [-0.15, -0.1) is 0 Å². The molecule has 132 valence electrons. The number of carbonyl (C=O) groups excluding carboxylic acids is 2. The number of carbonyl (C=O) groups is 2. The minimum absolute atomic E-state index is 0.0462. The lowest BCUT2D eigenvalue weighted by Crippen LogP contribution is -2.47. The number of likely N-dealkylation sites (tertiary alicyclic amines) is 1. The van der Waals surface area contributed by atoms with Gasteiger partial charge in [-0.3, -0.25) is 4.79 Å². The van der Waals surface area contributed by atoms with Gasteiger partial charge in [0.1, 0.15) is 0 Å². The highest BCUT2D eigenvalue weighted by molar-refractivity contribution is 7.98. The zero-order valence-corrected chi connectivity index (χ0v) is 15.1. The molecule has 1 fully saturated rings. The van der Waals surface area contributed by atoms with Crippen LogP contribution in [0.4, 0.5) is 4.79 Å². The Morgan fingerprint density at radius 3 is 2.92 bits per heavy atom. The molecule has 3 amide bonds. The van der Waals surface area contributed by atoms with Crippen molar-refractivity contribution < 1.29 is 9.59 Å². The second kappa shape index (κ2) is 9.57. The third-order valence-corrected chi connectivity index (χ3v) is 5.48. The number of benzene rings is 1. The molecular weight excluding hydrogens is 322 g/mol. The number of hydrogen-bond donors (Lipinski definition) is 2. The van der Waals surface area contributed by atoms with E-state index in [1.807, 2.05) is 11.8 Å². The highest BCUT2D eigenvalue weighted by atomic mass is 32.2. The van der Waals surface area contributed by atoms with Gasteiger partial charge in [-0.05, 0) is 43.1 Å². The van der Waals surface area contributed by atoms with Gasteiger partial charge in [-0.1, -0.05) is 24.3 Å². The van der Waals surface area contributed by atoms with E-state index in [2.05, 4.69) is 36.5 Å². The Hall–Kier alpha value is -1.69. The molecule has 24 heavy (non-hydrogen) atoms. The van der Waals surface area contributed by atoms with Crippen molar-refractivity contribution in [2.24, 2.45) is 11.7 Å². The fourth-order valence-electron chi connectivity index (χ4n) is 2.88. The highest BCUT2D eigenvalue weighted by Crippen LogP contribution is 2.17. The molecule has 0 radical (unpaired) electrons. The lowest BCUT2D eigenvalue weighted by atomic mass is 9.97. The van der Waals surface area contributed by atoms with Crippen molar-refractivity contribution in [2.75, 3.05) is 25.4 Å². The number of hydrogen-bond acceptors (Lipinski definition) is 3. The number of amides is 3. The van der Waals surface area contributed by atoms with Crippen LogP contribution in [0.25, 0.3) is 0 Å². The predicted molar refractivity (Wildman–Crippen MR) is 98.8 cm³/mol. The number of rotatable bonds is 7. The van der Waals surface area contributed by atoms with E-state index < -0.39 is 6.03 Å². The quantitative estimate of drug-likeness (QED) is 0.743. The van der Waals surface area contributed by atoms with Crippen LogP contribution in [0, 0.1) is 12.8 Å². The summed E-state index contributed by atoms with van der Waals surface area (Å²) >= 11 is 1.89. The van der Waals surface area contributed by atoms with Gasteiger partial charge in [0.25, 0.3) is 0 Å². The molecule has 0 aliphatic carbocycles. The molecule has 0 bridgehead atoms. The molecule has 0 aromatic heterocycles. The first-order valence-electron chi connectivity index (χ1n) is 8.52. The zero-order chi connectivity index (χ0) is 17.4. The molecular formula is C18H27N3O2S. The number of nitrogens with two attached hydrogens (primary N) is 1. The number of urea groups is 1. The maximum atomic E-state index is 12.2. The second-order valence-corrected chi connectivity index (χ2v) is 7.35. The van der Waals surface area contributed by atoms with Gasteiger partial charge in [0, 0.05) is 25.4 Å². The van der Waals surface area contributed by atoms with Gasteiger partial charge in [0.2, 0.25) is 5.91 Å². The average Bonchev–Trinajstić information content (AvgIpc) is 2.59. The van der Waals surface area contributed by atoms with Gasteiger partial charge < -0.3 is 16.0 Å². The van der Waals surface area contributed by atoms with E-state index in [0.717, 1.165) is 30.8 Å². The van der Waals surface area contributed by atoms with Crippen molar-refractivity contribution in [1.29, 1.82) is 0 Å². The van der Waals surface area contributed by atoms with Crippen LogP contribution >= 0.6 is 11.8 Å². The summed E-state index contributed by atoms with van der Waals surface area (Å²) in [5, 5.41) is 2.99. The SMILES string of the molecule is Cc1ccccc1CSCCCNC(=O)C1CCCN(C(N)=O)C1. The lowest BCUT2D eigenvalue weighted by molar-refractivity contribution is -0.126. The summed E-state index contributed by atoms with van der Waals surface area (Å²) in [6.07, 6.45) is 2.62. The Labute approximate surface area is 148 Å². The van der Waals surface area contributed by atoms with Gasteiger partial charge in [-0.25, -0.2) is 4.79 Å². The van der Waals surface area contributed by atoms with Crippen LogP contribution < -0.4 is 11.1 Å². The number of nitrogens with one attached hydrogen (secondary N) is 1. The summed E-state index contributed by atoms with van der Waals surface area (Å²) in [4.78, 5) is 24.9. The topological polar surface area (TPSA) is 75.4 Å². The Kier molecular flexibility index (Phi) is 7.43. The van der Waals surface area contributed by atoms with Crippen LogP contribution in [-0.2, 0) is 10.5 Å². The fourth-order valence-corrected chi connectivity index (χ4v) is 3.91.